The van der Waals surface area contributed by atoms with Gasteiger partial charge in [-0.25, -0.2) is 0 Å². The molecule has 0 aromatic heterocycles. The van der Waals surface area contributed by atoms with E-state index in [1.807, 2.05) is 0 Å². The summed E-state index contributed by atoms with van der Waals surface area (Å²) in [6.45, 7) is 4.12. The van der Waals surface area contributed by atoms with Gasteiger partial charge in [-0.3, -0.25) is 4.79 Å². The lowest BCUT2D eigenvalue weighted by Gasteiger charge is -2.31. The summed E-state index contributed by atoms with van der Waals surface area (Å²) in [6, 6.07) is 0.293. The van der Waals surface area contributed by atoms with Crippen LogP contribution in [0.2, 0.25) is 0 Å². The molecule has 4 heteroatoms. The highest BCUT2D eigenvalue weighted by molar-refractivity contribution is 5.74. The number of carbonyl (C=O) groups excluding carboxylic acids is 1. The van der Waals surface area contributed by atoms with Crippen LogP contribution in [-0.2, 0) is 4.79 Å². The fraction of sp³-hybridized carbons (Fsp3) is 0.929. The van der Waals surface area contributed by atoms with E-state index < -0.39 is 12.0 Å². The second-order valence-electron chi connectivity index (χ2n) is 5.91. The van der Waals surface area contributed by atoms with Crippen molar-refractivity contribution < 1.29 is 9.90 Å². The van der Waals surface area contributed by atoms with Gasteiger partial charge in [0.25, 0.3) is 0 Å². The summed E-state index contributed by atoms with van der Waals surface area (Å²) >= 11 is 0. The van der Waals surface area contributed by atoms with Gasteiger partial charge in [0.1, 0.15) is 0 Å². The van der Waals surface area contributed by atoms with Crippen LogP contribution in [0.3, 0.4) is 0 Å². The number of aliphatic hydroxyl groups excluding tert-OH is 1. The zero-order valence-corrected chi connectivity index (χ0v) is 11.7. The van der Waals surface area contributed by atoms with Crippen LogP contribution in [0.1, 0.15) is 58.8 Å². The fourth-order valence-electron chi connectivity index (χ4n) is 2.89. The van der Waals surface area contributed by atoms with Crippen LogP contribution in [0.25, 0.3) is 0 Å². The van der Waals surface area contributed by atoms with Gasteiger partial charge in [-0.1, -0.05) is 46.0 Å². The summed E-state index contributed by atoms with van der Waals surface area (Å²) in [5.74, 6) is 0.249. The van der Waals surface area contributed by atoms with E-state index in [0.29, 0.717) is 12.0 Å². The van der Waals surface area contributed by atoms with E-state index in [2.05, 4.69) is 19.2 Å². The molecule has 0 spiro atoms. The molecule has 18 heavy (non-hydrogen) atoms. The molecule has 0 radical (unpaired) electrons. The molecule has 1 rings (SSSR count). The van der Waals surface area contributed by atoms with Crippen molar-refractivity contribution in [3.05, 3.63) is 0 Å². The average Bonchev–Trinajstić information content (AvgIpc) is 2.28. The lowest BCUT2D eigenvalue weighted by atomic mass is 9.83. The molecule has 0 heterocycles. The van der Waals surface area contributed by atoms with Crippen LogP contribution < -0.4 is 11.1 Å². The molecule has 2 atom stereocenters. The van der Waals surface area contributed by atoms with Crippen LogP contribution in [0.5, 0.6) is 0 Å². The molecule has 0 aromatic rings. The molecule has 1 saturated carbocycles. The van der Waals surface area contributed by atoms with Crippen molar-refractivity contribution in [1.29, 1.82) is 0 Å². The van der Waals surface area contributed by atoms with Gasteiger partial charge in [-0.15, -0.1) is 0 Å². The standard InChI is InChI=1S/C14H28N2O2/c1-10(2)16-12(13(17)9-14(15)18)8-11-6-4-3-5-7-11/h10-13,16-17H,3-9H2,1-2H3,(H2,15,18). The van der Waals surface area contributed by atoms with Gasteiger partial charge in [0.05, 0.1) is 12.5 Å². The number of nitrogens with one attached hydrogen (secondary N) is 1. The Bertz CT molecular complexity index is 250. The first-order valence-electron chi connectivity index (χ1n) is 7.21. The molecular weight excluding hydrogens is 228 g/mol. The van der Waals surface area contributed by atoms with Gasteiger partial charge in [0.2, 0.25) is 5.91 Å². The molecule has 1 amide bonds. The second kappa shape index (κ2) is 7.74. The molecule has 106 valence electrons. The number of hydrogen-bond donors (Lipinski definition) is 3. The Morgan fingerprint density at radius 1 is 1.33 bits per heavy atom. The monoisotopic (exact) mass is 256 g/mol. The third-order valence-electron chi connectivity index (χ3n) is 3.73. The van der Waals surface area contributed by atoms with E-state index in [0.717, 1.165) is 6.42 Å². The van der Waals surface area contributed by atoms with Crippen LogP contribution in [0.15, 0.2) is 0 Å². The highest BCUT2D eigenvalue weighted by atomic mass is 16.3. The Morgan fingerprint density at radius 3 is 2.44 bits per heavy atom. The molecule has 0 bridgehead atoms. The normalized spacial score (nSPS) is 20.9. The maximum Gasteiger partial charge on any atom is 0.220 e. The number of amides is 1. The van der Waals surface area contributed by atoms with Gasteiger partial charge < -0.3 is 16.2 Å². The quantitative estimate of drug-likeness (QED) is 0.647. The Morgan fingerprint density at radius 2 is 1.94 bits per heavy atom. The van der Waals surface area contributed by atoms with Gasteiger partial charge in [-0.2, -0.15) is 0 Å². The summed E-state index contributed by atoms with van der Waals surface area (Å²) in [7, 11) is 0. The SMILES string of the molecule is CC(C)NC(CC1CCCCC1)C(O)CC(N)=O. The Balaban J connectivity index is 2.50. The van der Waals surface area contributed by atoms with Gasteiger partial charge >= 0.3 is 0 Å². The van der Waals surface area contributed by atoms with E-state index in [1.54, 1.807) is 0 Å². The topological polar surface area (TPSA) is 75.3 Å². The lowest BCUT2D eigenvalue weighted by molar-refractivity contribution is -0.120. The van der Waals surface area contributed by atoms with E-state index in [4.69, 9.17) is 5.73 Å². The van der Waals surface area contributed by atoms with Crippen LogP contribution in [-0.4, -0.2) is 29.2 Å². The maximum absolute atomic E-state index is 10.9. The molecule has 1 aliphatic rings. The molecule has 4 N–H and O–H groups in total. The van der Waals surface area contributed by atoms with E-state index in [9.17, 15) is 9.90 Å². The maximum atomic E-state index is 10.9. The van der Waals surface area contributed by atoms with E-state index in [1.165, 1.54) is 32.1 Å². The molecule has 0 aliphatic heterocycles. The van der Waals surface area contributed by atoms with Crippen molar-refractivity contribution in [3.8, 4) is 0 Å². The van der Waals surface area contributed by atoms with Crippen molar-refractivity contribution in [2.75, 3.05) is 0 Å². The Kier molecular flexibility index (Phi) is 6.65. The van der Waals surface area contributed by atoms with Crippen molar-refractivity contribution in [2.45, 2.75) is 77.0 Å². The minimum atomic E-state index is -0.660. The van der Waals surface area contributed by atoms with Gasteiger partial charge in [-0.05, 0) is 12.3 Å². The predicted octanol–water partition coefficient (Wildman–Crippen LogP) is 1.56. The second-order valence-corrected chi connectivity index (χ2v) is 5.91. The third kappa shape index (κ3) is 5.83. The summed E-state index contributed by atoms with van der Waals surface area (Å²) < 4.78 is 0. The largest absolute Gasteiger partial charge is 0.391 e. The first-order valence-corrected chi connectivity index (χ1v) is 7.21. The number of hydrogen-bond acceptors (Lipinski definition) is 3. The first-order chi connectivity index (χ1) is 8.49. The summed E-state index contributed by atoms with van der Waals surface area (Å²) in [5.41, 5.74) is 5.17. The smallest absolute Gasteiger partial charge is 0.220 e. The minimum Gasteiger partial charge on any atom is -0.391 e. The van der Waals surface area contributed by atoms with Crippen molar-refractivity contribution in [2.24, 2.45) is 11.7 Å². The first kappa shape index (κ1) is 15.4. The zero-order valence-electron chi connectivity index (χ0n) is 11.7. The van der Waals surface area contributed by atoms with Gasteiger partial charge in [0.15, 0.2) is 0 Å². The molecular formula is C14H28N2O2. The minimum absolute atomic E-state index is 0.0133. The Labute approximate surface area is 110 Å². The number of carbonyl (C=O) groups is 1. The van der Waals surface area contributed by atoms with Gasteiger partial charge in [0, 0.05) is 12.1 Å². The number of aliphatic hydroxyl groups is 1. The molecule has 4 nitrogen and oxygen atoms in total. The highest BCUT2D eigenvalue weighted by Gasteiger charge is 2.25. The van der Waals surface area contributed by atoms with Crippen molar-refractivity contribution in [1.82, 2.24) is 5.32 Å². The lowest BCUT2D eigenvalue weighted by Crippen LogP contribution is -2.46. The summed E-state index contributed by atoms with van der Waals surface area (Å²) in [5, 5.41) is 13.5. The van der Waals surface area contributed by atoms with E-state index >= 15 is 0 Å². The molecule has 0 aromatic carbocycles. The van der Waals surface area contributed by atoms with Crippen molar-refractivity contribution in [3.63, 3.8) is 0 Å². The predicted molar refractivity (Wildman–Crippen MR) is 73.1 cm³/mol. The van der Waals surface area contributed by atoms with Crippen LogP contribution in [0.4, 0.5) is 0 Å². The number of nitrogens with two attached hydrogens (primary N) is 1. The molecule has 2 unspecified atom stereocenters. The summed E-state index contributed by atoms with van der Waals surface area (Å²) in [6.07, 6.45) is 6.77. The average molecular weight is 256 g/mol. The highest BCUT2D eigenvalue weighted by Crippen LogP contribution is 2.28. The Hall–Kier alpha value is -0.610. The number of rotatable bonds is 7. The van der Waals surface area contributed by atoms with Crippen LogP contribution >= 0.6 is 0 Å². The zero-order chi connectivity index (χ0) is 13.5. The van der Waals surface area contributed by atoms with E-state index in [-0.39, 0.29) is 12.5 Å². The molecule has 1 fully saturated rings. The van der Waals surface area contributed by atoms with Crippen LogP contribution in [0, 0.1) is 5.92 Å². The summed E-state index contributed by atoms with van der Waals surface area (Å²) in [4.78, 5) is 10.9. The third-order valence-corrected chi connectivity index (χ3v) is 3.73. The van der Waals surface area contributed by atoms with Crippen molar-refractivity contribution >= 4 is 5.91 Å². The number of primary amides is 1. The fourth-order valence-corrected chi connectivity index (χ4v) is 2.89. The molecule has 0 saturated heterocycles. The molecule has 1 aliphatic carbocycles.